The molecule has 0 aromatic heterocycles. The van der Waals surface area contributed by atoms with E-state index in [1.807, 2.05) is 0 Å². The van der Waals surface area contributed by atoms with Crippen molar-refractivity contribution >= 4 is 0 Å². The molecule has 0 bridgehead atoms. The van der Waals surface area contributed by atoms with Crippen LogP contribution < -0.4 is 22.9 Å². The first-order chi connectivity index (χ1) is 3.25. The molecular weight excluding hydrogens is 104 g/mol. The van der Waals surface area contributed by atoms with Gasteiger partial charge >= 0.3 is 0 Å². The van der Waals surface area contributed by atoms with Crippen LogP contribution in [0.25, 0.3) is 0 Å². The second-order valence-electron chi connectivity index (χ2n) is 2.57. The molecule has 0 saturated heterocycles. The van der Waals surface area contributed by atoms with Crippen LogP contribution in [0.15, 0.2) is 0 Å². The smallest absolute Gasteiger partial charge is 0.0924 e. The molecule has 0 aromatic rings. The molecule has 0 aliphatic carbocycles. The Morgan fingerprint density at radius 1 is 0.750 bits per heavy atom. The normalized spacial score (nSPS) is 14.2. The van der Waals surface area contributed by atoms with E-state index in [0.717, 1.165) is 0 Å². The van der Waals surface area contributed by atoms with E-state index in [-0.39, 0.29) is 0 Å². The Hall–Kier alpha value is -0.160. The van der Waals surface area contributed by atoms with Crippen LogP contribution in [-0.2, 0) is 0 Å². The Bertz CT molecular complexity index is 63.0. The molecule has 0 atom stereocenters. The predicted octanol–water partition coefficient (Wildman–Crippen LogP) is -1.75. The maximum absolute atomic E-state index is 5.34. The molecule has 0 fully saturated rings. The van der Waals surface area contributed by atoms with Crippen molar-refractivity contribution in [3.05, 3.63) is 0 Å². The molecule has 0 aromatic carbocycles. The molecule has 50 valence electrons. The minimum Gasteiger partial charge on any atom is -0.311 e. The zero-order valence-electron chi connectivity index (χ0n) is 5.31. The van der Waals surface area contributed by atoms with Gasteiger partial charge in [-0.05, 0) is 13.8 Å². The highest BCUT2D eigenvalue weighted by molar-refractivity contribution is 4.91. The molecule has 0 radical (unpaired) electrons. The van der Waals surface area contributed by atoms with Crippen LogP contribution in [0.5, 0.6) is 0 Å². The first-order valence-electron chi connectivity index (χ1n) is 2.40. The second-order valence-corrected chi connectivity index (χ2v) is 2.57. The Balaban J connectivity index is 4.02. The van der Waals surface area contributed by atoms with Gasteiger partial charge in [-0.25, -0.2) is 0 Å². The molecule has 8 N–H and O–H groups in total. The predicted molar refractivity (Wildman–Crippen MR) is 33.6 cm³/mol. The summed E-state index contributed by atoms with van der Waals surface area (Å²) in [6, 6.07) is 0. The van der Waals surface area contributed by atoms with Gasteiger partial charge < -0.3 is 22.9 Å². The fourth-order valence-corrected chi connectivity index (χ4v) is 0. The fourth-order valence-electron chi connectivity index (χ4n) is 0. The summed E-state index contributed by atoms with van der Waals surface area (Å²) in [5.41, 5.74) is 19.3. The van der Waals surface area contributed by atoms with Gasteiger partial charge in [0.05, 0.1) is 11.3 Å². The van der Waals surface area contributed by atoms with Crippen LogP contribution in [0.2, 0.25) is 0 Å². The Morgan fingerprint density at radius 2 is 0.875 bits per heavy atom. The SMILES string of the molecule is CC(N)(N)C(C)(N)N. The summed E-state index contributed by atoms with van der Waals surface area (Å²) in [4.78, 5) is 0. The van der Waals surface area contributed by atoms with Crippen molar-refractivity contribution in [2.75, 3.05) is 0 Å². The van der Waals surface area contributed by atoms with Gasteiger partial charge in [0, 0.05) is 0 Å². The Morgan fingerprint density at radius 3 is 0.875 bits per heavy atom. The second kappa shape index (κ2) is 1.66. The van der Waals surface area contributed by atoms with Crippen molar-refractivity contribution < 1.29 is 0 Å². The summed E-state index contributed by atoms with van der Waals surface area (Å²) in [6.45, 7) is 3.15. The number of nitrogens with two attached hydrogens (primary N) is 4. The van der Waals surface area contributed by atoms with Crippen LogP contribution in [-0.4, -0.2) is 11.3 Å². The zero-order chi connectivity index (χ0) is 7.00. The minimum absolute atomic E-state index is 1.01. The van der Waals surface area contributed by atoms with Gasteiger partial charge in [0.15, 0.2) is 0 Å². The zero-order valence-corrected chi connectivity index (χ0v) is 5.31. The van der Waals surface area contributed by atoms with Gasteiger partial charge in [-0.15, -0.1) is 0 Å². The van der Waals surface area contributed by atoms with Crippen LogP contribution in [0.4, 0.5) is 0 Å². The van der Waals surface area contributed by atoms with Crippen LogP contribution in [0.1, 0.15) is 13.8 Å². The van der Waals surface area contributed by atoms with E-state index in [9.17, 15) is 0 Å². The van der Waals surface area contributed by atoms with Gasteiger partial charge in [-0.1, -0.05) is 0 Å². The molecule has 4 heteroatoms. The van der Waals surface area contributed by atoms with Gasteiger partial charge in [0.25, 0.3) is 0 Å². The summed E-state index contributed by atoms with van der Waals surface area (Å²) in [5.74, 6) is 0. The minimum atomic E-state index is -1.01. The van der Waals surface area contributed by atoms with E-state index in [1.165, 1.54) is 0 Å². The molecule has 0 unspecified atom stereocenters. The summed E-state index contributed by atoms with van der Waals surface area (Å²) >= 11 is 0. The standard InChI is InChI=1S/C4H14N4/c1-3(5,6)4(2,7)8/h5-8H2,1-2H3. The van der Waals surface area contributed by atoms with Crippen LogP contribution in [0, 0.1) is 0 Å². The number of hydrogen-bond acceptors (Lipinski definition) is 4. The van der Waals surface area contributed by atoms with E-state index in [0.29, 0.717) is 0 Å². The van der Waals surface area contributed by atoms with Gasteiger partial charge in [-0.3, -0.25) is 0 Å². The Labute approximate surface area is 49.2 Å². The molecule has 0 rings (SSSR count). The summed E-state index contributed by atoms with van der Waals surface area (Å²) < 4.78 is 0. The third-order valence-corrected chi connectivity index (χ3v) is 1.16. The van der Waals surface area contributed by atoms with Crippen LogP contribution >= 0.6 is 0 Å². The lowest BCUT2D eigenvalue weighted by Crippen LogP contribution is -2.72. The molecule has 0 aliphatic heterocycles. The molecule has 0 spiro atoms. The third kappa shape index (κ3) is 1.75. The van der Waals surface area contributed by atoms with Crippen molar-refractivity contribution in [1.82, 2.24) is 0 Å². The Kier molecular flexibility index (Phi) is 1.63. The lowest BCUT2D eigenvalue weighted by Gasteiger charge is -2.33. The van der Waals surface area contributed by atoms with Gasteiger partial charge in [0.2, 0.25) is 0 Å². The van der Waals surface area contributed by atoms with Crippen molar-refractivity contribution in [2.24, 2.45) is 22.9 Å². The largest absolute Gasteiger partial charge is 0.311 e. The third-order valence-electron chi connectivity index (χ3n) is 1.16. The van der Waals surface area contributed by atoms with E-state index in [1.54, 1.807) is 13.8 Å². The molecule has 4 nitrogen and oxygen atoms in total. The van der Waals surface area contributed by atoms with E-state index >= 15 is 0 Å². The van der Waals surface area contributed by atoms with E-state index < -0.39 is 11.3 Å². The molecular formula is C4H14N4. The lowest BCUT2D eigenvalue weighted by molar-refractivity contribution is 0.277. The fraction of sp³-hybridized carbons (Fsp3) is 1.00. The molecule has 0 saturated carbocycles. The summed E-state index contributed by atoms with van der Waals surface area (Å²) in [5, 5.41) is 0. The first-order valence-corrected chi connectivity index (χ1v) is 2.40. The van der Waals surface area contributed by atoms with Crippen LogP contribution in [0.3, 0.4) is 0 Å². The maximum Gasteiger partial charge on any atom is 0.0924 e. The number of hydrogen-bond donors (Lipinski definition) is 4. The van der Waals surface area contributed by atoms with Crippen molar-refractivity contribution in [3.8, 4) is 0 Å². The lowest BCUT2D eigenvalue weighted by atomic mass is 10.0. The summed E-state index contributed by atoms with van der Waals surface area (Å²) in [6.07, 6.45) is 0. The first kappa shape index (κ1) is 7.84. The van der Waals surface area contributed by atoms with E-state index in [2.05, 4.69) is 0 Å². The maximum atomic E-state index is 5.34. The van der Waals surface area contributed by atoms with Crippen molar-refractivity contribution in [2.45, 2.75) is 25.2 Å². The number of rotatable bonds is 1. The molecule has 0 heterocycles. The highest BCUT2D eigenvalue weighted by atomic mass is 15.1. The van der Waals surface area contributed by atoms with Gasteiger partial charge in [0.1, 0.15) is 0 Å². The molecule has 8 heavy (non-hydrogen) atoms. The average Bonchev–Trinajstić information content (AvgIpc) is 1.25. The average molecular weight is 118 g/mol. The molecule has 0 amide bonds. The van der Waals surface area contributed by atoms with Gasteiger partial charge in [-0.2, -0.15) is 0 Å². The highest BCUT2D eigenvalue weighted by Gasteiger charge is 2.29. The molecule has 0 aliphatic rings. The highest BCUT2D eigenvalue weighted by Crippen LogP contribution is 2.00. The summed E-state index contributed by atoms with van der Waals surface area (Å²) in [7, 11) is 0. The monoisotopic (exact) mass is 118 g/mol. The van der Waals surface area contributed by atoms with E-state index in [4.69, 9.17) is 22.9 Å². The quantitative estimate of drug-likeness (QED) is 0.306. The van der Waals surface area contributed by atoms with Crippen molar-refractivity contribution in [1.29, 1.82) is 0 Å². The van der Waals surface area contributed by atoms with Crippen molar-refractivity contribution in [3.63, 3.8) is 0 Å². The topological polar surface area (TPSA) is 104 Å².